The third-order valence-electron chi connectivity index (χ3n) is 4.77. The monoisotopic (exact) mass is 415 g/mol. The summed E-state index contributed by atoms with van der Waals surface area (Å²) in [6, 6.07) is 7.93. The van der Waals surface area contributed by atoms with Crippen LogP contribution in [0.5, 0.6) is 5.88 Å². The first kappa shape index (κ1) is 18.8. The lowest BCUT2D eigenvalue weighted by molar-refractivity contribution is 0.398. The predicted molar refractivity (Wildman–Crippen MR) is 113 cm³/mol. The molecule has 0 radical (unpaired) electrons. The maximum absolute atomic E-state index is 6.28. The van der Waals surface area contributed by atoms with Gasteiger partial charge in [-0.15, -0.1) is 0 Å². The van der Waals surface area contributed by atoms with Crippen molar-refractivity contribution in [1.29, 1.82) is 0 Å². The van der Waals surface area contributed by atoms with E-state index in [1.54, 1.807) is 25.7 Å². The van der Waals surface area contributed by atoms with Gasteiger partial charge in [0, 0.05) is 68.2 Å². The number of rotatable bonds is 4. The number of ether oxygens (including phenoxy) is 1. The van der Waals surface area contributed by atoms with Crippen molar-refractivity contribution >= 4 is 34.7 Å². The van der Waals surface area contributed by atoms with Gasteiger partial charge in [0.15, 0.2) is 0 Å². The number of hydrogen-bond donors (Lipinski definition) is 0. The zero-order valence-electron chi connectivity index (χ0n) is 15.3. The smallest absolute Gasteiger partial charge is 0.212 e. The molecule has 1 saturated heterocycles. The van der Waals surface area contributed by atoms with E-state index >= 15 is 0 Å². The third kappa shape index (κ3) is 3.84. The normalized spacial score (nSPS) is 14.2. The van der Waals surface area contributed by atoms with E-state index in [2.05, 4.69) is 30.8 Å². The van der Waals surface area contributed by atoms with Crippen molar-refractivity contribution in [3.05, 3.63) is 59.1 Å². The minimum absolute atomic E-state index is 0.580. The minimum atomic E-state index is 0.580. The summed E-state index contributed by atoms with van der Waals surface area (Å²) in [5.41, 5.74) is 2.88. The van der Waals surface area contributed by atoms with Crippen LogP contribution in [-0.2, 0) is 0 Å². The fourth-order valence-corrected chi connectivity index (χ4v) is 3.89. The highest BCUT2D eigenvalue weighted by Crippen LogP contribution is 2.33. The predicted octanol–water partition coefficient (Wildman–Crippen LogP) is 4.18. The highest BCUT2D eigenvalue weighted by atomic mass is 35.5. The number of halogens is 2. The van der Waals surface area contributed by atoms with Gasteiger partial charge in [-0.05, 0) is 18.2 Å². The Morgan fingerprint density at radius 2 is 1.39 bits per heavy atom. The largest absolute Gasteiger partial charge is 0.481 e. The summed E-state index contributed by atoms with van der Waals surface area (Å²) in [7, 11) is 1.61. The zero-order chi connectivity index (χ0) is 19.5. The lowest BCUT2D eigenvalue weighted by atomic mass is 10.1. The number of piperazine rings is 1. The van der Waals surface area contributed by atoms with E-state index in [4.69, 9.17) is 27.9 Å². The van der Waals surface area contributed by atoms with Crippen LogP contribution in [0.4, 0.5) is 11.5 Å². The molecule has 144 valence electrons. The average molecular weight is 416 g/mol. The summed E-state index contributed by atoms with van der Waals surface area (Å²) in [4.78, 5) is 17.4. The average Bonchev–Trinajstić information content (AvgIpc) is 2.74. The molecule has 0 bridgehead atoms. The van der Waals surface area contributed by atoms with Crippen LogP contribution in [0.2, 0.25) is 10.0 Å². The van der Waals surface area contributed by atoms with Crippen LogP contribution >= 0.6 is 23.2 Å². The van der Waals surface area contributed by atoms with E-state index in [1.165, 1.54) is 0 Å². The van der Waals surface area contributed by atoms with Crippen molar-refractivity contribution in [3.63, 3.8) is 0 Å². The van der Waals surface area contributed by atoms with Crippen molar-refractivity contribution < 1.29 is 4.74 Å². The molecule has 8 heteroatoms. The molecular formula is C20H19Cl2N5O. The lowest BCUT2D eigenvalue weighted by Crippen LogP contribution is -2.47. The van der Waals surface area contributed by atoms with Gasteiger partial charge in [0.1, 0.15) is 5.82 Å². The standard InChI is InChI=1S/C20H19Cl2N5O/c1-28-19-5-3-15(11-25-19)14-2-4-18(24-10-14)26-6-8-27(9-7-26)20-16(21)12-23-13-17(20)22/h2-5,10-13H,6-9H2,1H3. The maximum atomic E-state index is 6.28. The topological polar surface area (TPSA) is 54.4 Å². The lowest BCUT2D eigenvalue weighted by Gasteiger charge is -2.37. The summed E-state index contributed by atoms with van der Waals surface area (Å²) >= 11 is 12.6. The molecule has 0 atom stereocenters. The van der Waals surface area contributed by atoms with E-state index in [1.807, 2.05) is 24.4 Å². The summed E-state index contributed by atoms with van der Waals surface area (Å²) in [6.45, 7) is 3.31. The van der Waals surface area contributed by atoms with Gasteiger partial charge in [-0.2, -0.15) is 0 Å². The van der Waals surface area contributed by atoms with Crippen molar-refractivity contribution in [2.24, 2.45) is 0 Å². The Balaban J connectivity index is 1.43. The van der Waals surface area contributed by atoms with Crippen molar-refractivity contribution in [2.75, 3.05) is 43.1 Å². The Morgan fingerprint density at radius 3 is 1.93 bits per heavy atom. The molecule has 28 heavy (non-hydrogen) atoms. The SMILES string of the molecule is COc1ccc(-c2ccc(N3CCN(c4c(Cl)cncc4Cl)CC3)nc2)cn1. The highest BCUT2D eigenvalue weighted by Gasteiger charge is 2.22. The fraction of sp³-hybridized carbons (Fsp3) is 0.250. The van der Waals surface area contributed by atoms with Gasteiger partial charge in [0.25, 0.3) is 0 Å². The Bertz CT molecular complexity index is 922. The number of aromatic nitrogens is 3. The second-order valence-corrected chi connectivity index (χ2v) is 7.23. The van der Waals surface area contributed by atoms with Gasteiger partial charge in [-0.3, -0.25) is 4.98 Å². The number of hydrogen-bond acceptors (Lipinski definition) is 6. The van der Waals surface area contributed by atoms with Crippen LogP contribution in [0.1, 0.15) is 0 Å². The van der Waals surface area contributed by atoms with Crippen molar-refractivity contribution in [2.45, 2.75) is 0 Å². The molecule has 0 amide bonds. The molecule has 0 unspecified atom stereocenters. The molecule has 0 aliphatic carbocycles. The maximum Gasteiger partial charge on any atom is 0.212 e. The van der Waals surface area contributed by atoms with Gasteiger partial charge in [0.05, 0.1) is 22.8 Å². The third-order valence-corrected chi connectivity index (χ3v) is 5.33. The van der Waals surface area contributed by atoms with Crippen molar-refractivity contribution in [1.82, 2.24) is 15.0 Å². The van der Waals surface area contributed by atoms with E-state index in [0.29, 0.717) is 15.9 Å². The van der Waals surface area contributed by atoms with Gasteiger partial charge in [0.2, 0.25) is 5.88 Å². The highest BCUT2D eigenvalue weighted by molar-refractivity contribution is 6.38. The number of methoxy groups -OCH3 is 1. The number of nitrogens with zero attached hydrogens (tertiary/aromatic N) is 5. The molecule has 0 saturated carbocycles. The Kier molecular flexibility index (Phi) is 5.50. The molecule has 4 heterocycles. The molecule has 1 aliphatic heterocycles. The van der Waals surface area contributed by atoms with Crippen LogP contribution < -0.4 is 14.5 Å². The van der Waals surface area contributed by atoms with Gasteiger partial charge in [-0.1, -0.05) is 23.2 Å². The van der Waals surface area contributed by atoms with Crippen LogP contribution in [-0.4, -0.2) is 48.2 Å². The number of anilines is 2. The van der Waals surface area contributed by atoms with Gasteiger partial charge < -0.3 is 14.5 Å². The molecule has 0 N–H and O–H groups in total. The van der Waals surface area contributed by atoms with E-state index in [9.17, 15) is 0 Å². The number of pyridine rings is 3. The summed E-state index contributed by atoms with van der Waals surface area (Å²) < 4.78 is 5.10. The summed E-state index contributed by atoms with van der Waals surface area (Å²) in [5.74, 6) is 1.55. The summed E-state index contributed by atoms with van der Waals surface area (Å²) in [6.07, 6.45) is 6.92. The molecule has 0 aromatic carbocycles. The Morgan fingerprint density at radius 1 is 0.786 bits per heavy atom. The zero-order valence-corrected chi connectivity index (χ0v) is 16.9. The van der Waals surface area contributed by atoms with Crippen LogP contribution in [0.15, 0.2) is 49.1 Å². The molecule has 3 aromatic heterocycles. The Labute approximate surface area is 173 Å². The quantitative estimate of drug-likeness (QED) is 0.636. The molecule has 4 rings (SSSR count). The van der Waals surface area contributed by atoms with Crippen LogP contribution in [0.3, 0.4) is 0 Å². The van der Waals surface area contributed by atoms with Gasteiger partial charge in [-0.25, -0.2) is 9.97 Å². The van der Waals surface area contributed by atoms with E-state index in [-0.39, 0.29) is 0 Å². The van der Waals surface area contributed by atoms with Gasteiger partial charge >= 0.3 is 0 Å². The second-order valence-electron chi connectivity index (χ2n) is 6.42. The minimum Gasteiger partial charge on any atom is -0.481 e. The van der Waals surface area contributed by atoms with Crippen molar-refractivity contribution in [3.8, 4) is 17.0 Å². The first-order chi connectivity index (χ1) is 13.7. The molecule has 1 aliphatic rings. The second kappa shape index (κ2) is 8.20. The van der Waals surface area contributed by atoms with E-state index in [0.717, 1.165) is 48.8 Å². The molecule has 3 aromatic rings. The van der Waals surface area contributed by atoms with Crippen LogP contribution in [0.25, 0.3) is 11.1 Å². The molecule has 6 nitrogen and oxygen atoms in total. The molecular weight excluding hydrogens is 397 g/mol. The molecule has 1 fully saturated rings. The fourth-order valence-electron chi connectivity index (χ4n) is 3.28. The van der Waals surface area contributed by atoms with E-state index < -0.39 is 0 Å². The first-order valence-electron chi connectivity index (χ1n) is 8.91. The molecule has 0 spiro atoms. The first-order valence-corrected chi connectivity index (χ1v) is 9.66. The summed E-state index contributed by atoms with van der Waals surface area (Å²) in [5, 5.41) is 1.16. The Hall–Kier alpha value is -2.57. The van der Waals surface area contributed by atoms with Crippen LogP contribution in [0, 0.1) is 0 Å².